The first-order valence-corrected chi connectivity index (χ1v) is 7.77. The van der Waals surface area contributed by atoms with E-state index < -0.39 is 0 Å². The fourth-order valence-corrected chi connectivity index (χ4v) is 2.06. The molecule has 0 heterocycles. The van der Waals surface area contributed by atoms with E-state index in [0.29, 0.717) is 9.65 Å². The van der Waals surface area contributed by atoms with Gasteiger partial charge in [0.05, 0.1) is 0 Å². The first-order valence-electron chi connectivity index (χ1n) is 5.94. The van der Waals surface area contributed by atoms with Crippen LogP contribution in [0.5, 0.6) is 0 Å². The molecule has 2 heteroatoms. The Kier molecular flexibility index (Phi) is 22.1. The van der Waals surface area contributed by atoms with E-state index in [-0.39, 0.29) is 29.7 Å². The zero-order valence-corrected chi connectivity index (χ0v) is 13.2. The number of halogens is 2. The number of hydrogen-bond donors (Lipinski definition) is 0. The molecular formula is C18H36Br2. The number of alkyl halides is 2. The van der Waals surface area contributed by atoms with E-state index in [0.717, 1.165) is 0 Å². The fraction of sp³-hybridized carbons (Fsp3) is 0.667. The van der Waals surface area contributed by atoms with E-state index >= 15 is 0 Å². The molecule has 1 aromatic carbocycles. The quantitative estimate of drug-likeness (QED) is 0.421. The van der Waals surface area contributed by atoms with Crippen LogP contribution in [-0.2, 0) is 12.8 Å². The molecule has 20 heavy (non-hydrogen) atoms. The Labute approximate surface area is 146 Å². The summed E-state index contributed by atoms with van der Waals surface area (Å²) >= 11 is 7.16. The zero-order chi connectivity index (χ0) is 12.0. The average molecular weight is 412 g/mol. The van der Waals surface area contributed by atoms with Crippen molar-refractivity contribution in [2.24, 2.45) is 0 Å². The number of benzene rings is 1. The van der Waals surface area contributed by atoms with Crippen LogP contribution in [0.2, 0.25) is 0 Å². The molecule has 0 spiro atoms. The van der Waals surface area contributed by atoms with Crippen molar-refractivity contribution < 1.29 is 0 Å². The van der Waals surface area contributed by atoms with E-state index in [2.05, 4.69) is 70.0 Å². The van der Waals surface area contributed by atoms with Crippen molar-refractivity contribution in [1.29, 1.82) is 0 Å². The molecule has 0 saturated carbocycles. The van der Waals surface area contributed by atoms with Gasteiger partial charge in [-0.2, -0.15) is 0 Å². The molecule has 0 saturated heterocycles. The lowest BCUT2D eigenvalue weighted by molar-refractivity contribution is 0.811. The Morgan fingerprint density at radius 2 is 0.950 bits per heavy atom. The molecule has 2 atom stereocenters. The van der Waals surface area contributed by atoms with E-state index in [4.69, 9.17) is 0 Å². The van der Waals surface area contributed by atoms with Crippen LogP contribution in [-0.4, -0.2) is 9.65 Å². The summed E-state index contributed by atoms with van der Waals surface area (Å²) in [5.41, 5.74) is 2.89. The number of aryl methyl sites for hydroxylation is 2. The van der Waals surface area contributed by atoms with Crippen molar-refractivity contribution >= 4 is 31.9 Å². The van der Waals surface area contributed by atoms with Gasteiger partial charge in [-0.3, -0.25) is 0 Å². The molecule has 1 rings (SSSR count). The fourth-order valence-electron chi connectivity index (χ4n) is 1.60. The minimum atomic E-state index is 0. The Hall–Kier alpha value is 0.180. The molecule has 0 radical (unpaired) electrons. The van der Waals surface area contributed by atoms with Gasteiger partial charge in [0, 0.05) is 9.65 Å². The second-order valence-electron chi connectivity index (χ2n) is 4.46. The Morgan fingerprint density at radius 1 is 0.700 bits per heavy atom. The predicted octanol–water partition coefficient (Wildman–Crippen LogP) is 7.66. The number of rotatable bonds is 6. The molecular weight excluding hydrogens is 376 g/mol. The molecule has 0 bridgehead atoms. The second-order valence-corrected chi connectivity index (χ2v) is 7.58. The summed E-state index contributed by atoms with van der Waals surface area (Å²) in [6, 6.07) is 9.07. The lowest BCUT2D eigenvalue weighted by atomic mass is 10.0. The summed E-state index contributed by atoms with van der Waals surface area (Å²) in [5.74, 6) is 0. The summed E-state index contributed by atoms with van der Waals surface area (Å²) < 4.78 is 0. The zero-order valence-electron chi connectivity index (χ0n) is 10.0. The van der Waals surface area contributed by atoms with Crippen LogP contribution in [0, 0.1) is 0 Å². The lowest BCUT2D eigenvalue weighted by Crippen LogP contribution is -1.96. The Bertz CT molecular complexity index is 258. The van der Waals surface area contributed by atoms with Gasteiger partial charge in [0.25, 0.3) is 0 Å². The normalized spacial score (nSPS) is 11.8. The maximum absolute atomic E-state index is 3.58. The lowest BCUT2D eigenvalue weighted by Gasteiger charge is -2.06. The highest BCUT2D eigenvalue weighted by atomic mass is 79.9. The molecule has 122 valence electrons. The van der Waals surface area contributed by atoms with Gasteiger partial charge < -0.3 is 0 Å². The first kappa shape index (κ1) is 28.4. The van der Waals surface area contributed by atoms with E-state index in [9.17, 15) is 0 Å². The Balaban J connectivity index is -0.000000320. The van der Waals surface area contributed by atoms with Gasteiger partial charge in [0.2, 0.25) is 0 Å². The van der Waals surface area contributed by atoms with Crippen LogP contribution in [0.3, 0.4) is 0 Å². The third-order valence-electron chi connectivity index (χ3n) is 2.68. The van der Waals surface area contributed by atoms with E-state index in [1.807, 2.05) is 0 Å². The predicted molar refractivity (Wildman–Crippen MR) is 107 cm³/mol. The van der Waals surface area contributed by atoms with Crippen LogP contribution in [0.15, 0.2) is 24.3 Å². The van der Waals surface area contributed by atoms with Crippen molar-refractivity contribution in [2.75, 3.05) is 0 Å². The van der Waals surface area contributed by atoms with Crippen molar-refractivity contribution in [3.05, 3.63) is 35.4 Å². The van der Waals surface area contributed by atoms with Crippen molar-refractivity contribution in [1.82, 2.24) is 0 Å². The molecule has 0 aromatic heterocycles. The highest BCUT2D eigenvalue weighted by molar-refractivity contribution is 9.09. The molecule has 0 N–H and O–H groups in total. The second kappa shape index (κ2) is 15.6. The van der Waals surface area contributed by atoms with Gasteiger partial charge >= 0.3 is 0 Å². The monoisotopic (exact) mass is 410 g/mol. The van der Waals surface area contributed by atoms with Gasteiger partial charge in [0.15, 0.2) is 0 Å². The topological polar surface area (TPSA) is 0 Å². The molecule has 0 aliphatic rings. The molecule has 0 fully saturated rings. The average Bonchev–Trinajstić information content (AvgIpc) is 2.25. The van der Waals surface area contributed by atoms with E-state index in [1.165, 1.54) is 36.8 Å². The Morgan fingerprint density at radius 3 is 1.15 bits per heavy atom. The van der Waals surface area contributed by atoms with Gasteiger partial charge in [-0.15, -0.1) is 0 Å². The van der Waals surface area contributed by atoms with E-state index in [1.54, 1.807) is 0 Å². The third kappa shape index (κ3) is 13.2. The van der Waals surface area contributed by atoms with Crippen LogP contribution < -0.4 is 0 Å². The molecule has 1 aromatic rings. The molecule has 0 aliphatic heterocycles. The summed E-state index contributed by atoms with van der Waals surface area (Å²) in [7, 11) is 0. The van der Waals surface area contributed by atoms with Gasteiger partial charge in [0.1, 0.15) is 0 Å². The molecule has 2 unspecified atom stereocenters. The minimum absolute atomic E-state index is 0. The molecule has 0 amide bonds. The van der Waals surface area contributed by atoms with Crippen LogP contribution >= 0.6 is 31.9 Å². The van der Waals surface area contributed by atoms with Crippen LogP contribution in [0.25, 0.3) is 0 Å². The van der Waals surface area contributed by atoms with Gasteiger partial charge in [-0.25, -0.2) is 0 Å². The largest absolute Gasteiger partial charge is 0.0894 e. The minimum Gasteiger partial charge on any atom is -0.0894 e. The summed E-state index contributed by atoms with van der Waals surface area (Å²) in [5, 5.41) is 0. The van der Waals surface area contributed by atoms with Crippen LogP contribution in [0.4, 0.5) is 0 Å². The van der Waals surface area contributed by atoms with Crippen molar-refractivity contribution in [3.63, 3.8) is 0 Å². The number of hydrogen-bond acceptors (Lipinski definition) is 0. The maximum atomic E-state index is 3.58. The van der Waals surface area contributed by atoms with Crippen LogP contribution in [0.1, 0.15) is 67.5 Å². The molecule has 0 aliphatic carbocycles. The maximum Gasteiger partial charge on any atom is 0.0120 e. The van der Waals surface area contributed by atoms with Gasteiger partial charge in [-0.05, 0) is 36.8 Å². The summed E-state index contributed by atoms with van der Waals surface area (Å²) in [4.78, 5) is 1.22. The first-order chi connectivity index (χ1) is 7.58. The SMILES string of the molecule is C.C.C.C.CC(Br)CCc1ccc(CCC(C)Br)cc1. The smallest absolute Gasteiger partial charge is 0.0120 e. The highest BCUT2D eigenvalue weighted by Gasteiger charge is 2.00. The summed E-state index contributed by atoms with van der Waals surface area (Å²) in [6.07, 6.45) is 4.75. The molecule has 0 nitrogen and oxygen atoms in total. The van der Waals surface area contributed by atoms with Crippen molar-refractivity contribution in [3.8, 4) is 0 Å². The highest BCUT2D eigenvalue weighted by Crippen LogP contribution is 2.14. The van der Waals surface area contributed by atoms with Gasteiger partial charge in [-0.1, -0.05) is 99.7 Å². The summed E-state index contributed by atoms with van der Waals surface area (Å²) in [6.45, 7) is 4.40. The van der Waals surface area contributed by atoms with Crippen molar-refractivity contribution in [2.45, 2.75) is 78.9 Å². The third-order valence-corrected chi connectivity index (χ3v) is 3.60. The standard InChI is InChI=1S/C14H20Br2.4CH4/c1-11(15)3-5-13-7-9-14(10-8-13)6-4-12(2)16;;;;/h7-12H,3-6H2,1-2H3;4*1H4.